The van der Waals surface area contributed by atoms with Crippen molar-refractivity contribution in [3.8, 4) is 5.75 Å². The number of unbranched alkanes of at least 4 members (excludes halogenated alkanes) is 3. The SMILES string of the molecule is COc1ccc2c(c1)CCCC2NC(=O)CCCCCCC(=O)NO. The van der Waals surface area contributed by atoms with Gasteiger partial charge in [-0.05, 0) is 55.4 Å². The Morgan fingerprint density at radius 1 is 1.16 bits per heavy atom. The number of fused-ring (bicyclic) bond motifs is 1. The van der Waals surface area contributed by atoms with Crippen molar-refractivity contribution in [1.82, 2.24) is 10.8 Å². The van der Waals surface area contributed by atoms with E-state index < -0.39 is 0 Å². The van der Waals surface area contributed by atoms with Crippen LogP contribution in [0.5, 0.6) is 5.75 Å². The van der Waals surface area contributed by atoms with E-state index in [1.807, 2.05) is 6.07 Å². The van der Waals surface area contributed by atoms with Crippen LogP contribution in [-0.4, -0.2) is 24.1 Å². The Bertz CT molecular complexity index is 589. The van der Waals surface area contributed by atoms with Gasteiger partial charge in [0.05, 0.1) is 13.2 Å². The largest absolute Gasteiger partial charge is 0.497 e. The minimum absolute atomic E-state index is 0.0850. The predicted octanol–water partition coefficient (Wildman–Crippen LogP) is 3.03. The van der Waals surface area contributed by atoms with Gasteiger partial charge in [-0.1, -0.05) is 18.9 Å². The molecule has 0 bridgehead atoms. The molecule has 25 heavy (non-hydrogen) atoms. The molecule has 0 radical (unpaired) electrons. The van der Waals surface area contributed by atoms with E-state index in [0.29, 0.717) is 12.8 Å². The molecule has 0 saturated heterocycles. The Morgan fingerprint density at radius 3 is 2.56 bits per heavy atom. The summed E-state index contributed by atoms with van der Waals surface area (Å²) >= 11 is 0. The van der Waals surface area contributed by atoms with E-state index >= 15 is 0 Å². The number of rotatable bonds is 9. The Hall–Kier alpha value is -2.08. The lowest BCUT2D eigenvalue weighted by Gasteiger charge is -2.27. The number of methoxy groups -OCH3 is 1. The zero-order valence-electron chi connectivity index (χ0n) is 14.8. The molecule has 1 aromatic rings. The van der Waals surface area contributed by atoms with Gasteiger partial charge in [0, 0.05) is 12.8 Å². The van der Waals surface area contributed by atoms with Crippen LogP contribution in [-0.2, 0) is 16.0 Å². The van der Waals surface area contributed by atoms with Crippen LogP contribution < -0.4 is 15.5 Å². The van der Waals surface area contributed by atoms with Crippen molar-refractivity contribution in [2.45, 2.75) is 63.8 Å². The number of amides is 2. The van der Waals surface area contributed by atoms with Gasteiger partial charge < -0.3 is 10.1 Å². The second-order valence-corrected chi connectivity index (χ2v) is 6.53. The summed E-state index contributed by atoms with van der Waals surface area (Å²) in [7, 11) is 1.67. The van der Waals surface area contributed by atoms with Gasteiger partial charge in [0.2, 0.25) is 11.8 Å². The Kier molecular flexibility index (Phi) is 7.73. The van der Waals surface area contributed by atoms with Crippen molar-refractivity contribution in [2.24, 2.45) is 0 Å². The lowest BCUT2D eigenvalue weighted by Crippen LogP contribution is -2.30. The third kappa shape index (κ3) is 6.05. The van der Waals surface area contributed by atoms with Gasteiger partial charge in [0.25, 0.3) is 0 Å². The van der Waals surface area contributed by atoms with Crippen molar-refractivity contribution in [2.75, 3.05) is 7.11 Å². The van der Waals surface area contributed by atoms with E-state index in [9.17, 15) is 9.59 Å². The summed E-state index contributed by atoms with van der Waals surface area (Å²) in [5, 5.41) is 11.6. The lowest BCUT2D eigenvalue weighted by atomic mass is 9.87. The normalized spacial score (nSPS) is 16.0. The molecule has 0 saturated carbocycles. The number of ether oxygens (including phenoxy) is 1. The monoisotopic (exact) mass is 348 g/mol. The van der Waals surface area contributed by atoms with Gasteiger partial charge in [-0.15, -0.1) is 0 Å². The van der Waals surface area contributed by atoms with Crippen molar-refractivity contribution in [1.29, 1.82) is 0 Å². The Morgan fingerprint density at radius 2 is 1.88 bits per heavy atom. The van der Waals surface area contributed by atoms with Crippen molar-refractivity contribution < 1.29 is 19.5 Å². The number of hydrogen-bond acceptors (Lipinski definition) is 4. The van der Waals surface area contributed by atoms with Crippen molar-refractivity contribution >= 4 is 11.8 Å². The molecule has 0 spiro atoms. The Balaban J connectivity index is 1.72. The fraction of sp³-hybridized carbons (Fsp3) is 0.579. The number of nitrogens with one attached hydrogen (secondary N) is 2. The highest BCUT2D eigenvalue weighted by Gasteiger charge is 2.22. The third-order valence-corrected chi connectivity index (χ3v) is 4.68. The van der Waals surface area contributed by atoms with Gasteiger partial charge in [-0.2, -0.15) is 0 Å². The van der Waals surface area contributed by atoms with Gasteiger partial charge >= 0.3 is 0 Å². The van der Waals surface area contributed by atoms with Crippen LogP contribution in [0.1, 0.15) is 68.5 Å². The fourth-order valence-corrected chi connectivity index (χ4v) is 3.31. The summed E-state index contributed by atoms with van der Waals surface area (Å²) in [5.41, 5.74) is 4.09. The van der Waals surface area contributed by atoms with E-state index in [2.05, 4.69) is 17.4 Å². The molecular formula is C19H28N2O4. The maximum absolute atomic E-state index is 12.2. The van der Waals surface area contributed by atoms with Gasteiger partial charge in [-0.25, -0.2) is 5.48 Å². The first-order valence-corrected chi connectivity index (χ1v) is 9.03. The zero-order chi connectivity index (χ0) is 18.1. The molecule has 1 unspecified atom stereocenters. The van der Waals surface area contributed by atoms with Crippen molar-refractivity contribution in [3.63, 3.8) is 0 Å². The predicted molar refractivity (Wildman–Crippen MR) is 94.4 cm³/mol. The van der Waals surface area contributed by atoms with Crippen LogP contribution in [0.3, 0.4) is 0 Å². The highest BCUT2D eigenvalue weighted by atomic mass is 16.5. The van der Waals surface area contributed by atoms with E-state index in [1.54, 1.807) is 12.6 Å². The number of carbonyl (C=O) groups excluding carboxylic acids is 2. The van der Waals surface area contributed by atoms with Gasteiger partial charge in [0.1, 0.15) is 5.75 Å². The second kappa shape index (κ2) is 10.0. The number of carbonyl (C=O) groups is 2. The summed E-state index contributed by atoms with van der Waals surface area (Å²) < 4.78 is 5.28. The molecular weight excluding hydrogens is 320 g/mol. The molecule has 138 valence electrons. The minimum atomic E-state index is -0.356. The fourth-order valence-electron chi connectivity index (χ4n) is 3.31. The van der Waals surface area contributed by atoms with Crippen LogP contribution in [0, 0.1) is 0 Å². The topological polar surface area (TPSA) is 87.7 Å². The average molecular weight is 348 g/mol. The van der Waals surface area contributed by atoms with E-state index in [4.69, 9.17) is 9.94 Å². The standard InChI is InChI=1S/C19H28N2O4/c1-25-15-11-12-16-14(13-15)7-6-8-17(16)20-18(22)9-4-2-3-5-10-19(23)21-24/h11-13,17,24H,2-10H2,1H3,(H,20,22)(H,21,23). The highest BCUT2D eigenvalue weighted by molar-refractivity contribution is 5.76. The van der Waals surface area contributed by atoms with Gasteiger partial charge in [-0.3, -0.25) is 14.8 Å². The maximum atomic E-state index is 12.2. The molecule has 6 nitrogen and oxygen atoms in total. The molecule has 0 aliphatic heterocycles. The van der Waals surface area contributed by atoms with Gasteiger partial charge in [0.15, 0.2) is 0 Å². The molecule has 0 aromatic heterocycles. The Labute approximate surface area is 148 Å². The van der Waals surface area contributed by atoms with E-state index in [1.165, 1.54) is 11.1 Å². The molecule has 1 aliphatic carbocycles. The first-order chi connectivity index (χ1) is 12.1. The maximum Gasteiger partial charge on any atom is 0.243 e. The highest BCUT2D eigenvalue weighted by Crippen LogP contribution is 2.32. The summed E-state index contributed by atoms with van der Waals surface area (Å²) in [6.07, 6.45) is 7.23. The van der Waals surface area contributed by atoms with Crippen LogP contribution in [0.4, 0.5) is 0 Å². The molecule has 1 aliphatic rings. The molecule has 6 heteroatoms. The summed E-state index contributed by atoms with van der Waals surface area (Å²) in [4.78, 5) is 23.1. The number of hydroxylamine groups is 1. The smallest absolute Gasteiger partial charge is 0.243 e. The molecule has 1 aromatic carbocycles. The van der Waals surface area contributed by atoms with Crippen LogP contribution in [0.2, 0.25) is 0 Å². The number of benzene rings is 1. The third-order valence-electron chi connectivity index (χ3n) is 4.68. The summed E-state index contributed by atoms with van der Waals surface area (Å²) in [5.74, 6) is 0.590. The van der Waals surface area contributed by atoms with Crippen LogP contribution >= 0.6 is 0 Å². The molecule has 2 amide bonds. The van der Waals surface area contributed by atoms with Crippen LogP contribution in [0.25, 0.3) is 0 Å². The second-order valence-electron chi connectivity index (χ2n) is 6.53. The first kappa shape index (κ1) is 19.2. The molecule has 0 heterocycles. The molecule has 1 atom stereocenters. The molecule has 2 rings (SSSR count). The first-order valence-electron chi connectivity index (χ1n) is 9.03. The minimum Gasteiger partial charge on any atom is -0.497 e. The lowest BCUT2D eigenvalue weighted by molar-refractivity contribution is -0.129. The number of hydrogen-bond donors (Lipinski definition) is 3. The summed E-state index contributed by atoms with van der Waals surface area (Å²) in [6.45, 7) is 0. The van der Waals surface area contributed by atoms with E-state index in [0.717, 1.165) is 50.7 Å². The number of aryl methyl sites for hydroxylation is 1. The quantitative estimate of drug-likeness (QED) is 0.364. The van der Waals surface area contributed by atoms with Crippen LogP contribution in [0.15, 0.2) is 18.2 Å². The molecule has 3 N–H and O–H groups in total. The molecule has 0 fully saturated rings. The summed E-state index contributed by atoms with van der Waals surface area (Å²) in [6, 6.07) is 6.17. The zero-order valence-corrected chi connectivity index (χ0v) is 14.8. The van der Waals surface area contributed by atoms with Crippen molar-refractivity contribution in [3.05, 3.63) is 29.3 Å². The van der Waals surface area contributed by atoms with E-state index in [-0.39, 0.29) is 17.9 Å². The average Bonchev–Trinajstić information content (AvgIpc) is 2.64.